The minimum absolute atomic E-state index is 0.0346. The number of ether oxygens (including phenoxy) is 1. The number of sulfonamides is 1. The molecule has 0 fully saturated rings. The van der Waals surface area contributed by atoms with Gasteiger partial charge in [0.05, 0.1) is 17.2 Å². The Morgan fingerprint density at radius 1 is 0.973 bits per heavy atom. The van der Waals surface area contributed by atoms with Gasteiger partial charge in [-0.05, 0) is 56.3 Å². The predicted octanol–water partition coefficient (Wildman–Crippen LogP) is 3.58. The van der Waals surface area contributed by atoms with Gasteiger partial charge >= 0.3 is 0 Å². The van der Waals surface area contributed by atoms with Crippen LogP contribution in [0.4, 0.5) is 10.1 Å². The highest BCUT2D eigenvalue weighted by molar-refractivity contribution is 7.92. The molecule has 1 unspecified atom stereocenters. The Kier molecular flexibility index (Phi) is 9.24. The topological polar surface area (TPSA) is 96.0 Å². The number of benzene rings is 3. The maximum Gasteiger partial charge on any atom is 0.264 e. The number of para-hydroxylation sites is 1. The molecule has 0 spiro atoms. The molecule has 10 heteroatoms. The van der Waals surface area contributed by atoms with Crippen molar-refractivity contribution in [3.05, 3.63) is 90.2 Å². The molecule has 0 saturated carbocycles. The van der Waals surface area contributed by atoms with E-state index < -0.39 is 40.2 Å². The molecule has 0 heterocycles. The van der Waals surface area contributed by atoms with Crippen LogP contribution in [0.3, 0.4) is 0 Å². The first kappa shape index (κ1) is 27.7. The molecule has 8 nitrogen and oxygen atoms in total. The molecule has 0 bridgehead atoms. The molecule has 0 radical (unpaired) electrons. The van der Waals surface area contributed by atoms with Gasteiger partial charge in [0.1, 0.15) is 24.2 Å². The summed E-state index contributed by atoms with van der Waals surface area (Å²) < 4.78 is 48.2. The SMILES string of the molecule is CCOc1ccc(S(=O)(=O)N(CC(=O)N(Cc2ccccc2F)C(C)C(=O)NC)c2ccccc2)cc1. The normalized spacial score (nSPS) is 11.9. The molecule has 196 valence electrons. The Morgan fingerprint density at radius 2 is 1.59 bits per heavy atom. The standard InChI is InChI=1S/C27H30FN3O5S/c1-4-36-23-14-16-24(17-15-23)37(34,35)31(22-11-6-5-7-12-22)19-26(32)30(20(2)27(33)29-3)18-21-10-8-9-13-25(21)28/h5-17,20H,4,18-19H2,1-3H3,(H,29,33). The molecule has 3 rings (SSSR count). The highest BCUT2D eigenvalue weighted by Gasteiger charge is 2.32. The highest BCUT2D eigenvalue weighted by atomic mass is 32.2. The molecule has 0 saturated heterocycles. The van der Waals surface area contributed by atoms with Crippen LogP contribution in [0.1, 0.15) is 19.4 Å². The van der Waals surface area contributed by atoms with E-state index >= 15 is 0 Å². The molecule has 3 aromatic carbocycles. The van der Waals surface area contributed by atoms with Gasteiger partial charge < -0.3 is 15.0 Å². The Balaban J connectivity index is 2.00. The first-order valence-electron chi connectivity index (χ1n) is 11.7. The number of amides is 2. The summed E-state index contributed by atoms with van der Waals surface area (Å²) in [6.07, 6.45) is 0. The number of carbonyl (C=O) groups excluding carboxylic acids is 2. The third-order valence-corrected chi connectivity index (χ3v) is 7.55. The van der Waals surface area contributed by atoms with Gasteiger partial charge in [0, 0.05) is 19.2 Å². The summed E-state index contributed by atoms with van der Waals surface area (Å²) in [6, 6.07) is 19.0. The average Bonchev–Trinajstić information content (AvgIpc) is 2.91. The van der Waals surface area contributed by atoms with E-state index in [1.807, 2.05) is 6.92 Å². The van der Waals surface area contributed by atoms with Crippen LogP contribution in [0.25, 0.3) is 0 Å². The fourth-order valence-electron chi connectivity index (χ4n) is 3.73. The first-order chi connectivity index (χ1) is 17.7. The summed E-state index contributed by atoms with van der Waals surface area (Å²) >= 11 is 0. The van der Waals surface area contributed by atoms with E-state index in [4.69, 9.17) is 4.74 Å². The third-order valence-electron chi connectivity index (χ3n) is 5.76. The van der Waals surface area contributed by atoms with E-state index in [0.717, 1.165) is 4.31 Å². The number of anilines is 1. The first-order valence-corrected chi connectivity index (χ1v) is 13.2. The van der Waals surface area contributed by atoms with E-state index in [1.54, 1.807) is 48.5 Å². The summed E-state index contributed by atoms with van der Waals surface area (Å²) in [4.78, 5) is 27.2. The van der Waals surface area contributed by atoms with Crippen molar-refractivity contribution in [2.45, 2.75) is 31.3 Å². The number of likely N-dealkylation sites (N-methyl/N-ethyl adjacent to an activating group) is 1. The van der Waals surface area contributed by atoms with Crippen molar-refractivity contribution in [3.8, 4) is 5.75 Å². The minimum atomic E-state index is -4.19. The molecule has 0 aromatic heterocycles. The van der Waals surface area contributed by atoms with Gasteiger partial charge in [-0.15, -0.1) is 0 Å². The van der Waals surface area contributed by atoms with Crippen molar-refractivity contribution in [1.29, 1.82) is 0 Å². The molecule has 3 aromatic rings. The van der Waals surface area contributed by atoms with Crippen molar-refractivity contribution >= 4 is 27.5 Å². The molecular formula is C27H30FN3O5S. The van der Waals surface area contributed by atoms with Gasteiger partial charge in [0.25, 0.3) is 10.0 Å². The van der Waals surface area contributed by atoms with Gasteiger partial charge in [-0.2, -0.15) is 0 Å². The molecule has 0 aliphatic carbocycles. The fourth-order valence-corrected chi connectivity index (χ4v) is 5.14. The number of hydrogen-bond acceptors (Lipinski definition) is 5. The maximum atomic E-state index is 14.4. The van der Waals surface area contributed by atoms with Crippen LogP contribution in [0.5, 0.6) is 5.75 Å². The number of halogens is 1. The second-order valence-corrected chi connectivity index (χ2v) is 10.0. The van der Waals surface area contributed by atoms with Gasteiger partial charge in [-0.25, -0.2) is 12.8 Å². The van der Waals surface area contributed by atoms with E-state index in [1.165, 1.54) is 49.2 Å². The quantitative estimate of drug-likeness (QED) is 0.411. The Morgan fingerprint density at radius 3 is 2.19 bits per heavy atom. The van der Waals surface area contributed by atoms with Crippen molar-refractivity contribution in [2.75, 3.05) is 24.5 Å². The number of hydrogen-bond donors (Lipinski definition) is 1. The number of nitrogens with zero attached hydrogens (tertiary/aromatic N) is 2. The van der Waals surface area contributed by atoms with Gasteiger partial charge in [-0.3, -0.25) is 13.9 Å². The highest BCUT2D eigenvalue weighted by Crippen LogP contribution is 2.26. The van der Waals surface area contributed by atoms with Gasteiger partial charge in [-0.1, -0.05) is 36.4 Å². The second-order valence-electron chi connectivity index (χ2n) is 8.15. The largest absolute Gasteiger partial charge is 0.494 e. The molecule has 1 N–H and O–H groups in total. The predicted molar refractivity (Wildman–Crippen MR) is 139 cm³/mol. The molecule has 0 aliphatic heterocycles. The molecular weight excluding hydrogens is 497 g/mol. The second kappa shape index (κ2) is 12.4. The summed E-state index contributed by atoms with van der Waals surface area (Å²) in [7, 11) is -2.76. The lowest BCUT2D eigenvalue weighted by atomic mass is 10.1. The zero-order valence-electron chi connectivity index (χ0n) is 20.9. The molecule has 2 amide bonds. The van der Waals surface area contributed by atoms with E-state index in [-0.39, 0.29) is 22.7 Å². The van der Waals surface area contributed by atoms with E-state index in [0.29, 0.717) is 12.4 Å². The van der Waals surface area contributed by atoms with Crippen molar-refractivity contribution in [1.82, 2.24) is 10.2 Å². The molecule has 37 heavy (non-hydrogen) atoms. The maximum absolute atomic E-state index is 14.4. The van der Waals surface area contributed by atoms with Crippen molar-refractivity contribution < 1.29 is 27.1 Å². The minimum Gasteiger partial charge on any atom is -0.494 e. The summed E-state index contributed by atoms with van der Waals surface area (Å²) in [5.41, 5.74) is 0.468. The van der Waals surface area contributed by atoms with Crippen LogP contribution >= 0.6 is 0 Å². The summed E-state index contributed by atoms with van der Waals surface area (Å²) in [5.74, 6) is -1.16. The number of rotatable bonds is 11. The zero-order chi connectivity index (χ0) is 27.0. The van der Waals surface area contributed by atoms with Crippen LogP contribution < -0.4 is 14.4 Å². The van der Waals surface area contributed by atoms with Crippen LogP contribution in [0, 0.1) is 5.82 Å². The summed E-state index contributed by atoms with van der Waals surface area (Å²) in [6.45, 7) is 2.94. The number of carbonyl (C=O) groups is 2. The average molecular weight is 528 g/mol. The lowest BCUT2D eigenvalue weighted by Crippen LogP contribution is -2.50. The molecule has 1 atom stereocenters. The zero-order valence-corrected chi connectivity index (χ0v) is 21.7. The van der Waals surface area contributed by atoms with E-state index in [2.05, 4.69) is 5.32 Å². The van der Waals surface area contributed by atoms with Gasteiger partial charge in [0.2, 0.25) is 11.8 Å². The van der Waals surface area contributed by atoms with Crippen molar-refractivity contribution in [3.63, 3.8) is 0 Å². The monoisotopic (exact) mass is 527 g/mol. The van der Waals surface area contributed by atoms with E-state index in [9.17, 15) is 22.4 Å². The van der Waals surface area contributed by atoms with Crippen LogP contribution in [-0.2, 0) is 26.2 Å². The summed E-state index contributed by atoms with van der Waals surface area (Å²) in [5, 5.41) is 2.49. The van der Waals surface area contributed by atoms with Crippen molar-refractivity contribution in [2.24, 2.45) is 0 Å². The lowest BCUT2D eigenvalue weighted by Gasteiger charge is -2.31. The Hall–Kier alpha value is -3.92. The number of nitrogens with one attached hydrogen (secondary N) is 1. The smallest absolute Gasteiger partial charge is 0.264 e. The van der Waals surface area contributed by atoms with Crippen LogP contribution in [0.15, 0.2) is 83.8 Å². The van der Waals surface area contributed by atoms with Crippen LogP contribution in [0.2, 0.25) is 0 Å². The lowest BCUT2D eigenvalue weighted by molar-refractivity contribution is -0.139. The third kappa shape index (κ3) is 6.65. The fraction of sp³-hybridized carbons (Fsp3) is 0.259. The Labute approximate surface area is 216 Å². The van der Waals surface area contributed by atoms with Gasteiger partial charge in [0.15, 0.2) is 0 Å². The molecule has 0 aliphatic rings. The van der Waals surface area contributed by atoms with Crippen LogP contribution in [-0.4, -0.2) is 51.4 Å². The Bertz CT molecular complexity index is 1320.